The van der Waals surface area contributed by atoms with Crippen molar-refractivity contribution in [2.45, 2.75) is 81.3 Å². The molecule has 2 N–H and O–H groups in total. The highest BCUT2D eigenvalue weighted by Gasteiger charge is 2.54. The zero-order chi connectivity index (χ0) is 23.3. The molecule has 0 radical (unpaired) electrons. The molecule has 2 aliphatic heterocycles. The van der Waals surface area contributed by atoms with E-state index in [2.05, 4.69) is 0 Å². The van der Waals surface area contributed by atoms with Gasteiger partial charge in [0.2, 0.25) is 15.7 Å². The third kappa shape index (κ3) is 5.88. The second-order valence-corrected chi connectivity index (χ2v) is 10.9. The van der Waals surface area contributed by atoms with Gasteiger partial charge in [-0.2, -0.15) is 13.2 Å². The lowest BCUT2D eigenvalue weighted by molar-refractivity contribution is -0.226. The number of alkyl halides is 4. The van der Waals surface area contributed by atoms with Gasteiger partial charge < -0.3 is 4.74 Å². The molecule has 31 heavy (non-hydrogen) atoms. The second kappa shape index (κ2) is 10.3. The molecule has 1 amide bonds. The number of rotatable bonds is 9. The fourth-order valence-corrected chi connectivity index (χ4v) is 6.45. The van der Waals surface area contributed by atoms with Crippen molar-refractivity contribution in [3.8, 4) is 0 Å². The molecule has 2 saturated heterocycles. The van der Waals surface area contributed by atoms with Gasteiger partial charge in [-0.25, -0.2) is 22.6 Å². The summed E-state index contributed by atoms with van der Waals surface area (Å²) in [4.78, 5) is 12.3. The number of sulfonamides is 1. The van der Waals surface area contributed by atoms with Crippen molar-refractivity contribution in [2.75, 3.05) is 26.3 Å². The normalized spacial score (nSPS) is 23.3. The molecule has 182 valence electrons. The summed E-state index contributed by atoms with van der Waals surface area (Å²) in [5.41, 5.74) is -1.68. The van der Waals surface area contributed by atoms with Gasteiger partial charge >= 0.3 is 6.18 Å². The fraction of sp³-hybridized carbons (Fsp3) is 0.947. The monoisotopic (exact) mass is 476 g/mol. The first-order valence-electron chi connectivity index (χ1n) is 10.6. The molecule has 2 fully saturated rings. The van der Waals surface area contributed by atoms with Gasteiger partial charge in [0.1, 0.15) is 0 Å². The minimum absolute atomic E-state index is 0.0347. The van der Waals surface area contributed by atoms with Crippen molar-refractivity contribution in [2.24, 2.45) is 5.92 Å². The second-order valence-electron chi connectivity index (χ2n) is 8.69. The molecule has 1 unspecified atom stereocenters. The maximum atomic E-state index is 13.6. The minimum Gasteiger partial charge on any atom is -0.381 e. The van der Waals surface area contributed by atoms with E-state index in [1.807, 2.05) is 0 Å². The predicted octanol–water partition coefficient (Wildman–Crippen LogP) is 3.32. The van der Waals surface area contributed by atoms with Gasteiger partial charge in [0.25, 0.3) is 5.91 Å². The Morgan fingerprint density at radius 3 is 2.23 bits per heavy atom. The summed E-state index contributed by atoms with van der Waals surface area (Å²) in [7, 11) is -4.01. The number of halogens is 4. The lowest BCUT2D eigenvalue weighted by Crippen LogP contribution is -2.60. The quantitative estimate of drug-likeness (QED) is 0.230. The van der Waals surface area contributed by atoms with Crippen molar-refractivity contribution < 1.29 is 40.7 Å². The molecule has 0 spiro atoms. The molecule has 2 aliphatic rings. The van der Waals surface area contributed by atoms with Gasteiger partial charge in [0, 0.05) is 39.1 Å². The van der Waals surface area contributed by atoms with E-state index in [0.29, 0.717) is 32.6 Å². The van der Waals surface area contributed by atoms with Crippen LogP contribution >= 0.6 is 0 Å². The Balaban J connectivity index is 1.82. The van der Waals surface area contributed by atoms with Gasteiger partial charge in [-0.15, -0.1) is 0 Å². The Hall–Kier alpha value is -0.980. The molecule has 2 heterocycles. The molecule has 0 aromatic heterocycles. The molecule has 2 rings (SSSR count). The highest BCUT2D eigenvalue weighted by atomic mass is 32.2. The number of nitrogens with one attached hydrogen (secondary N) is 1. The van der Waals surface area contributed by atoms with E-state index in [4.69, 9.17) is 9.94 Å². The third-order valence-electron chi connectivity index (χ3n) is 6.57. The van der Waals surface area contributed by atoms with Crippen molar-refractivity contribution in [1.29, 1.82) is 0 Å². The number of hydrogen-bond acceptors (Lipinski definition) is 5. The first kappa shape index (κ1) is 26.3. The van der Waals surface area contributed by atoms with E-state index < -0.39 is 38.9 Å². The topological polar surface area (TPSA) is 95.9 Å². The number of hydrogen-bond donors (Lipinski definition) is 2. The van der Waals surface area contributed by atoms with Crippen LogP contribution in [0.3, 0.4) is 0 Å². The Morgan fingerprint density at radius 2 is 1.71 bits per heavy atom. The van der Waals surface area contributed by atoms with Crippen LogP contribution in [-0.4, -0.2) is 66.7 Å². The van der Waals surface area contributed by atoms with E-state index >= 15 is 0 Å². The Bertz CT molecular complexity index is 701. The Morgan fingerprint density at radius 1 is 1.13 bits per heavy atom. The Kier molecular flexibility index (Phi) is 8.73. The number of ether oxygens (including phenoxy) is 1. The van der Waals surface area contributed by atoms with E-state index in [9.17, 15) is 30.8 Å². The molecule has 0 aliphatic carbocycles. The van der Waals surface area contributed by atoms with Crippen molar-refractivity contribution in [3.63, 3.8) is 0 Å². The molecule has 12 heteroatoms. The smallest absolute Gasteiger partial charge is 0.381 e. The maximum absolute atomic E-state index is 13.6. The summed E-state index contributed by atoms with van der Waals surface area (Å²) < 4.78 is 82.3. The largest absolute Gasteiger partial charge is 0.422 e. The van der Waals surface area contributed by atoms with E-state index in [-0.39, 0.29) is 51.5 Å². The molecule has 1 atom stereocenters. The molecular formula is C19H32F4N2O5S. The molecule has 7 nitrogen and oxygen atoms in total. The van der Waals surface area contributed by atoms with Gasteiger partial charge in [0.15, 0.2) is 4.75 Å². The lowest BCUT2D eigenvalue weighted by Gasteiger charge is -2.40. The highest BCUT2D eigenvalue weighted by molar-refractivity contribution is 7.91. The summed E-state index contributed by atoms with van der Waals surface area (Å²) in [6.07, 6.45) is -2.33. The van der Waals surface area contributed by atoms with Gasteiger partial charge in [-0.1, -0.05) is 19.3 Å². The standard InChI is InChI=1S/C19H32F4N2O5S/c1-17(20,19(21,22)23)8-4-2-3-5-15-6-11-25(12-7-15)31(28,29)18(16(26)24-27)9-13-30-14-10-18/h15,27H,2-14H2,1H3,(H,24,26). The molecule has 0 aromatic carbocycles. The van der Waals surface area contributed by atoms with Crippen LogP contribution in [0.1, 0.15) is 64.7 Å². The number of piperidine rings is 1. The average Bonchev–Trinajstić information content (AvgIpc) is 2.72. The number of hydroxylamine groups is 1. The van der Waals surface area contributed by atoms with Crippen LogP contribution in [0.5, 0.6) is 0 Å². The number of unbranched alkanes of at least 4 members (excludes halogenated alkanes) is 2. The molecule has 0 saturated carbocycles. The third-order valence-corrected chi connectivity index (χ3v) is 9.20. The average molecular weight is 477 g/mol. The number of nitrogens with zero attached hydrogens (tertiary/aromatic N) is 1. The van der Waals surface area contributed by atoms with Crippen LogP contribution in [0.15, 0.2) is 0 Å². The molecular weight excluding hydrogens is 444 g/mol. The van der Waals surface area contributed by atoms with Gasteiger partial charge in [-0.3, -0.25) is 10.0 Å². The lowest BCUT2D eigenvalue weighted by atomic mass is 9.91. The minimum atomic E-state index is -4.86. The SMILES string of the molecule is CC(F)(CCCCCC1CCN(S(=O)(=O)C2(C(=O)NO)CCOCC2)CC1)C(F)(F)F. The van der Waals surface area contributed by atoms with Crippen LogP contribution in [0, 0.1) is 5.92 Å². The summed E-state index contributed by atoms with van der Waals surface area (Å²) in [6.45, 7) is 1.26. The van der Waals surface area contributed by atoms with E-state index in [0.717, 1.165) is 6.42 Å². The highest BCUT2D eigenvalue weighted by Crippen LogP contribution is 2.38. The van der Waals surface area contributed by atoms with Gasteiger partial charge in [0.05, 0.1) is 0 Å². The Labute approximate surface area is 180 Å². The van der Waals surface area contributed by atoms with Crippen LogP contribution in [0.4, 0.5) is 17.6 Å². The first-order chi connectivity index (χ1) is 14.4. The summed E-state index contributed by atoms with van der Waals surface area (Å²) in [5.74, 6) is -0.722. The van der Waals surface area contributed by atoms with E-state index in [1.54, 1.807) is 0 Å². The number of amides is 1. The summed E-state index contributed by atoms with van der Waals surface area (Å²) >= 11 is 0. The zero-order valence-electron chi connectivity index (χ0n) is 17.7. The number of carbonyl (C=O) groups is 1. The number of carbonyl (C=O) groups excluding carboxylic acids is 1. The van der Waals surface area contributed by atoms with Crippen molar-refractivity contribution in [1.82, 2.24) is 9.79 Å². The van der Waals surface area contributed by atoms with E-state index in [1.165, 1.54) is 9.79 Å². The summed E-state index contributed by atoms with van der Waals surface area (Å²) in [6, 6.07) is 0. The zero-order valence-corrected chi connectivity index (χ0v) is 18.5. The van der Waals surface area contributed by atoms with Crippen LogP contribution in [0.2, 0.25) is 0 Å². The predicted molar refractivity (Wildman–Crippen MR) is 105 cm³/mol. The van der Waals surface area contributed by atoms with Crippen LogP contribution in [-0.2, 0) is 19.6 Å². The van der Waals surface area contributed by atoms with Gasteiger partial charge in [-0.05, 0) is 38.5 Å². The van der Waals surface area contributed by atoms with Crippen LogP contribution in [0.25, 0.3) is 0 Å². The summed E-state index contributed by atoms with van der Waals surface area (Å²) in [5, 5.41) is 9.08. The first-order valence-corrected chi connectivity index (χ1v) is 12.1. The van der Waals surface area contributed by atoms with Crippen molar-refractivity contribution >= 4 is 15.9 Å². The molecule has 0 bridgehead atoms. The van der Waals surface area contributed by atoms with Crippen molar-refractivity contribution in [3.05, 3.63) is 0 Å². The fourth-order valence-electron chi connectivity index (χ4n) is 4.30. The van der Waals surface area contributed by atoms with Crippen LogP contribution < -0.4 is 5.48 Å². The molecule has 0 aromatic rings. The maximum Gasteiger partial charge on any atom is 0.422 e.